The summed E-state index contributed by atoms with van der Waals surface area (Å²) in [6, 6.07) is 0. The molecule has 0 bridgehead atoms. The number of hydrogen-bond acceptors (Lipinski definition) is 3. The Morgan fingerprint density at radius 3 is 2.22 bits per heavy atom. The van der Waals surface area contributed by atoms with E-state index in [1.165, 1.54) is 38.5 Å². The minimum absolute atomic E-state index is 0.177. The number of aliphatic carboxylic acids is 1. The normalized spacial score (nSPS) is 12.8. The van der Waals surface area contributed by atoms with Crippen molar-refractivity contribution in [1.29, 1.82) is 0 Å². The van der Waals surface area contributed by atoms with Gasteiger partial charge in [-0.25, -0.2) is 4.79 Å². The van der Waals surface area contributed by atoms with Crippen molar-refractivity contribution in [3.8, 4) is 0 Å². The summed E-state index contributed by atoms with van der Waals surface area (Å²) < 4.78 is 4.99. The van der Waals surface area contributed by atoms with Crippen LogP contribution in [0.15, 0.2) is 12.2 Å². The van der Waals surface area contributed by atoms with Gasteiger partial charge in [0.25, 0.3) is 0 Å². The summed E-state index contributed by atoms with van der Waals surface area (Å²) in [6.07, 6.45) is 17.6. The third-order valence-electron chi connectivity index (χ3n) is 3.85. The van der Waals surface area contributed by atoms with Crippen LogP contribution in [0.4, 0.5) is 0 Å². The van der Waals surface area contributed by atoms with Gasteiger partial charge in [-0.05, 0) is 25.7 Å². The monoisotopic (exact) mass is 328 g/mol. The Bertz CT molecular complexity index is 289. The first-order valence-corrected chi connectivity index (χ1v) is 9.31. The minimum atomic E-state index is -0.893. The molecule has 0 saturated heterocycles. The lowest BCUT2D eigenvalue weighted by atomic mass is 10.1. The van der Waals surface area contributed by atoms with Crippen molar-refractivity contribution in [2.75, 3.05) is 13.2 Å². The molecule has 0 spiro atoms. The van der Waals surface area contributed by atoms with E-state index >= 15 is 0 Å². The Hall–Kier alpha value is -0.870. The first-order chi connectivity index (χ1) is 11.2. The van der Waals surface area contributed by atoms with Gasteiger partial charge < -0.3 is 14.9 Å². The molecule has 0 aromatic carbocycles. The first kappa shape index (κ1) is 22.1. The summed E-state index contributed by atoms with van der Waals surface area (Å²) >= 11 is 0. The van der Waals surface area contributed by atoms with E-state index in [4.69, 9.17) is 9.84 Å². The largest absolute Gasteiger partial charge is 0.480 e. The molecule has 4 nitrogen and oxygen atoms in total. The number of allylic oxidation sites excluding steroid dienone is 1. The van der Waals surface area contributed by atoms with Crippen LogP contribution in [0.2, 0.25) is 0 Å². The number of rotatable bonds is 17. The Morgan fingerprint density at radius 2 is 1.61 bits per heavy atom. The van der Waals surface area contributed by atoms with E-state index in [1.54, 1.807) is 0 Å². The van der Waals surface area contributed by atoms with Crippen molar-refractivity contribution in [2.24, 2.45) is 0 Å². The van der Waals surface area contributed by atoms with E-state index in [2.05, 4.69) is 13.0 Å². The van der Waals surface area contributed by atoms with E-state index < -0.39 is 5.97 Å². The Kier molecular flexibility index (Phi) is 16.8. The number of ether oxygens (including phenoxy) is 1. The fourth-order valence-corrected chi connectivity index (χ4v) is 2.45. The van der Waals surface area contributed by atoms with Crippen LogP contribution in [0.3, 0.4) is 0 Å². The van der Waals surface area contributed by atoms with Gasteiger partial charge in [-0.3, -0.25) is 0 Å². The molecule has 1 atom stereocenters. The predicted octanol–water partition coefficient (Wildman–Crippen LogP) is 4.71. The number of carboxylic acids is 1. The second kappa shape index (κ2) is 17.5. The zero-order chi connectivity index (χ0) is 17.2. The third-order valence-corrected chi connectivity index (χ3v) is 3.85. The zero-order valence-corrected chi connectivity index (χ0v) is 14.8. The molecular formula is C19H36O4. The molecule has 0 radical (unpaired) electrons. The van der Waals surface area contributed by atoms with Crippen LogP contribution in [0.5, 0.6) is 0 Å². The van der Waals surface area contributed by atoms with Gasteiger partial charge in [0.1, 0.15) is 6.61 Å². The first-order valence-electron chi connectivity index (χ1n) is 9.31. The molecule has 0 aliphatic rings. The lowest BCUT2D eigenvalue weighted by Gasteiger charge is -2.04. The molecule has 4 heteroatoms. The summed E-state index contributed by atoms with van der Waals surface area (Å²) in [5.41, 5.74) is 0. The van der Waals surface area contributed by atoms with Crippen molar-refractivity contribution >= 4 is 5.97 Å². The smallest absolute Gasteiger partial charge is 0.329 e. The van der Waals surface area contributed by atoms with E-state index in [0.717, 1.165) is 38.5 Å². The summed E-state index contributed by atoms with van der Waals surface area (Å²) in [4.78, 5) is 10.2. The van der Waals surface area contributed by atoms with Gasteiger partial charge in [0.2, 0.25) is 0 Å². The molecule has 0 saturated carbocycles. The standard InChI is InChI=1S/C19H36O4/c1-2-3-14-18(20)15-12-10-8-6-4-5-7-9-11-13-16-23-17-19(21)22/h12,15,18,20H,2-11,13-14,16-17H2,1H3,(H,21,22)/t18-/m1/s1. The SMILES string of the molecule is CCCC[C@@H](O)C=CCCCCCCCCCCOCC(=O)O. The quantitative estimate of drug-likeness (QED) is 0.300. The fourth-order valence-electron chi connectivity index (χ4n) is 2.45. The van der Waals surface area contributed by atoms with Crippen LogP contribution in [0, 0.1) is 0 Å². The molecule has 0 aromatic heterocycles. The Balaban J connectivity index is 3.16. The molecule has 2 N–H and O–H groups in total. The maximum Gasteiger partial charge on any atom is 0.329 e. The highest BCUT2D eigenvalue weighted by Crippen LogP contribution is 2.10. The third kappa shape index (κ3) is 19.1. The van der Waals surface area contributed by atoms with E-state index in [0.29, 0.717) is 6.61 Å². The molecule has 0 aliphatic heterocycles. The highest BCUT2D eigenvalue weighted by molar-refractivity contribution is 5.67. The van der Waals surface area contributed by atoms with Crippen LogP contribution in [-0.2, 0) is 9.53 Å². The van der Waals surface area contributed by atoms with Gasteiger partial charge in [-0.2, -0.15) is 0 Å². The van der Waals surface area contributed by atoms with E-state index in [1.807, 2.05) is 6.08 Å². The highest BCUT2D eigenvalue weighted by Gasteiger charge is 1.97. The molecule has 0 amide bonds. The summed E-state index contributed by atoms with van der Waals surface area (Å²) in [6.45, 7) is 2.52. The summed E-state index contributed by atoms with van der Waals surface area (Å²) in [7, 11) is 0. The maximum atomic E-state index is 10.2. The van der Waals surface area contributed by atoms with Crippen LogP contribution < -0.4 is 0 Å². The number of aliphatic hydroxyl groups is 1. The number of hydrogen-bond donors (Lipinski definition) is 2. The van der Waals surface area contributed by atoms with Crippen molar-refractivity contribution in [2.45, 2.75) is 90.1 Å². The maximum absolute atomic E-state index is 10.2. The van der Waals surface area contributed by atoms with Gasteiger partial charge in [0, 0.05) is 6.61 Å². The molecule has 136 valence electrons. The zero-order valence-electron chi connectivity index (χ0n) is 14.8. The predicted molar refractivity (Wildman–Crippen MR) is 94.7 cm³/mol. The van der Waals surface area contributed by atoms with Crippen molar-refractivity contribution in [3.05, 3.63) is 12.2 Å². The average Bonchev–Trinajstić information content (AvgIpc) is 2.52. The van der Waals surface area contributed by atoms with Crippen LogP contribution in [-0.4, -0.2) is 35.5 Å². The van der Waals surface area contributed by atoms with E-state index in [-0.39, 0.29) is 12.7 Å². The lowest BCUT2D eigenvalue weighted by molar-refractivity contribution is -0.142. The molecule has 0 heterocycles. The lowest BCUT2D eigenvalue weighted by Crippen LogP contribution is -2.07. The molecular weight excluding hydrogens is 292 g/mol. The van der Waals surface area contributed by atoms with Crippen molar-refractivity contribution < 1.29 is 19.7 Å². The second-order valence-corrected chi connectivity index (χ2v) is 6.20. The van der Waals surface area contributed by atoms with Gasteiger partial charge in [0.15, 0.2) is 0 Å². The molecule has 0 fully saturated rings. The second-order valence-electron chi connectivity index (χ2n) is 6.20. The fraction of sp³-hybridized carbons (Fsp3) is 0.842. The summed E-state index contributed by atoms with van der Waals surface area (Å²) in [5.74, 6) is -0.893. The Labute approximate surface area is 141 Å². The number of carboxylic acid groups (broad SMARTS) is 1. The van der Waals surface area contributed by atoms with Crippen LogP contribution >= 0.6 is 0 Å². The number of carbonyl (C=O) groups is 1. The molecule has 0 unspecified atom stereocenters. The molecule has 0 aliphatic carbocycles. The highest BCUT2D eigenvalue weighted by atomic mass is 16.5. The van der Waals surface area contributed by atoms with Gasteiger partial charge in [-0.15, -0.1) is 0 Å². The van der Waals surface area contributed by atoms with Crippen molar-refractivity contribution in [1.82, 2.24) is 0 Å². The minimum Gasteiger partial charge on any atom is -0.480 e. The van der Waals surface area contributed by atoms with Crippen LogP contribution in [0.25, 0.3) is 0 Å². The summed E-state index contributed by atoms with van der Waals surface area (Å²) in [5, 5.41) is 18.1. The molecule has 23 heavy (non-hydrogen) atoms. The van der Waals surface area contributed by atoms with E-state index in [9.17, 15) is 9.90 Å². The number of unbranched alkanes of at least 4 members (excludes halogenated alkanes) is 9. The topological polar surface area (TPSA) is 66.8 Å². The van der Waals surface area contributed by atoms with Gasteiger partial charge in [0.05, 0.1) is 6.10 Å². The Morgan fingerprint density at radius 1 is 1.00 bits per heavy atom. The van der Waals surface area contributed by atoms with Gasteiger partial charge in [-0.1, -0.05) is 70.4 Å². The van der Waals surface area contributed by atoms with Gasteiger partial charge >= 0.3 is 5.97 Å². The van der Waals surface area contributed by atoms with Crippen LogP contribution in [0.1, 0.15) is 84.0 Å². The number of aliphatic hydroxyl groups excluding tert-OH is 1. The average molecular weight is 328 g/mol. The molecule has 0 rings (SSSR count). The van der Waals surface area contributed by atoms with Crippen molar-refractivity contribution in [3.63, 3.8) is 0 Å². The molecule has 0 aromatic rings.